The van der Waals surface area contributed by atoms with Crippen LogP contribution >= 0.6 is 0 Å². The Morgan fingerprint density at radius 3 is 1.82 bits per heavy atom. The highest BCUT2D eigenvalue weighted by molar-refractivity contribution is 6.14. The predicted molar refractivity (Wildman–Crippen MR) is 259 cm³/mol. The van der Waals surface area contributed by atoms with Crippen molar-refractivity contribution >= 4 is 94.0 Å². The highest BCUT2D eigenvalue weighted by Crippen LogP contribution is 2.44. The predicted octanol–water partition coefficient (Wildman–Crippen LogP) is 16.8. The Hall–Kier alpha value is -8.34. The summed E-state index contributed by atoms with van der Waals surface area (Å²) < 4.78 is 19.3. The Balaban J connectivity index is 1.00. The molecule has 12 aromatic rings. The molecule has 62 heavy (non-hydrogen) atoms. The fourth-order valence-electron chi connectivity index (χ4n) is 9.12. The molecule has 9 aromatic carbocycles. The Morgan fingerprint density at radius 2 is 1.02 bits per heavy atom. The van der Waals surface area contributed by atoms with Gasteiger partial charge in [-0.3, -0.25) is 0 Å². The lowest BCUT2D eigenvalue weighted by molar-refractivity contribution is 0.669. The van der Waals surface area contributed by atoms with Crippen molar-refractivity contribution in [3.63, 3.8) is 0 Å². The molecule has 0 N–H and O–H groups in total. The number of para-hydroxylation sites is 5. The number of nitrogens with zero attached hydrogens (tertiary/aromatic N) is 1. The van der Waals surface area contributed by atoms with Gasteiger partial charge in [0.25, 0.3) is 0 Å². The molecule has 0 fully saturated rings. The number of anilines is 2. The van der Waals surface area contributed by atoms with Gasteiger partial charge in [0.05, 0.1) is 5.69 Å². The van der Waals surface area contributed by atoms with Crippen molar-refractivity contribution in [2.45, 2.75) is 0 Å². The summed E-state index contributed by atoms with van der Waals surface area (Å²) in [7, 11) is 0. The van der Waals surface area contributed by atoms with Gasteiger partial charge in [-0.25, -0.2) is 0 Å². The number of fused-ring (bicyclic) bond motifs is 10. The van der Waals surface area contributed by atoms with Gasteiger partial charge in [-0.15, -0.1) is 0 Å². The number of hydrogen-bond donors (Lipinski definition) is 0. The minimum atomic E-state index is 0.852. The van der Waals surface area contributed by atoms with Gasteiger partial charge >= 0.3 is 0 Å². The van der Waals surface area contributed by atoms with E-state index >= 15 is 0 Å². The number of hydrogen-bond acceptors (Lipinski definition) is 4. The van der Waals surface area contributed by atoms with Crippen LogP contribution in [0.2, 0.25) is 0 Å². The van der Waals surface area contributed by atoms with Crippen LogP contribution in [-0.2, 0) is 0 Å². The van der Waals surface area contributed by atoms with Crippen molar-refractivity contribution in [1.82, 2.24) is 0 Å². The van der Waals surface area contributed by atoms with Gasteiger partial charge in [-0.05, 0) is 88.6 Å². The zero-order valence-corrected chi connectivity index (χ0v) is 33.6. The molecule has 3 heterocycles. The fourth-order valence-corrected chi connectivity index (χ4v) is 9.12. The van der Waals surface area contributed by atoms with Crippen LogP contribution in [-0.4, -0.2) is 0 Å². The quantitative estimate of drug-likeness (QED) is 0.144. The van der Waals surface area contributed by atoms with Crippen molar-refractivity contribution < 1.29 is 13.3 Å². The maximum absolute atomic E-state index is 6.78. The zero-order valence-electron chi connectivity index (χ0n) is 33.6. The molecule has 0 spiro atoms. The number of benzene rings is 9. The third-order valence-corrected chi connectivity index (χ3v) is 12.1. The lowest BCUT2D eigenvalue weighted by Gasteiger charge is -2.28. The first-order valence-corrected chi connectivity index (χ1v) is 20.8. The van der Waals surface area contributed by atoms with E-state index in [0.717, 1.165) is 116 Å². The van der Waals surface area contributed by atoms with Crippen molar-refractivity contribution in [2.24, 2.45) is 0 Å². The fraction of sp³-hybridized carbons (Fsp3) is 0. The summed E-state index contributed by atoms with van der Waals surface area (Å²) in [5, 5.41) is 8.94. The van der Waals surface area contributed by atoms with Gasteiger partial charge < -0.3 is 18.2 Å². The summed E-state index contributed by atoms with van der Waals surface area (Å²) in [5.74, 6) is 0. The molecule has 0 amide bonds. The van der Waals surface area contributed by atoms with E-state index in [0.29, 0.717) is 0 Å². The van der Waals surface area contributed by atoms with Crippen LogP contribution < -0.4 is 4.90 Å². The molecule has 0 saturated heterocycles. The van der Waals surface area contributed by atoms with Gasteiger partial charge in [0.15, 0.2) is 0 Å². The van der Waals surface area contributed by atoms with Gasteiger partial charge in [-0.1, -0.05) is 152 Å². The second kappa shape index (κ2) is 14.4. The van der Waals surface area contributed by atoms with Crippen LogP contribution in [0.1, 0.15) is 5.56 Å². The molecule has 0 radical (unpaired) electrons. The lowest BCUT2D eigenvalue weighted by Crippen LogP contribution is -2.16. The lowest BCUT2D eigenvalue weighted by atomic mass is 9.98. The molecular weight excluding hydrogens is 759 g/mol. The van der Waals surface area contributed by atoms with Crippen LogP contribution in [0.5, 0.6) is 0 Å². The van der Waals surface area contributed by atoms with Crippen LogP contribution in [0.25, 0.3) is 105 Å². The van der Waals surface area contributed by atoms with E-state index in [1.54, 1.807) is 0 Å². The molecule has 0 unspecified atom stereocenters. The van der Waals surface area contributed by atoms with E-state index in [4.69, 9.17) is 13.3 Å². The minimum absolute atomic E-state index is 0.852. The largest absolute Gasteiger partial charge is 0.456 e. The maximum atomic E-state index is 6.78. The van der Waals surface area contributed by atoms with E-state index in [-0.39, 0.29) is 0 Å². The molecule has 0 aliphatic heterocycles. The number of rotatable bonds is 8. The normalized spacial score (nSPS) is 12.3. The molecule has 12 rings (SSSR count). The number of allylic oxidation sites excluding steroid dienone is 3. The first-order valence-electron chi connectivity index (χ1n) is 20.8. The zero-order chi connectivity index (χ0) is 41.1. The summed E-state index contributed by atoms with van der Waals surface area (Å²) in [5.41, 5.74) is 13.4. The van der Waals surface area contributed by atoms with E-state index < -0.39 is 0 Å². The second-order valence-corrected chi connectivity index (χ2v) is 15.7. The molecule has 0 aliphatic carbocycles. The molecule has 0 aliphatic rings. The molecule has 0 saturated carbocycles. The highest BCUT2D eigenvalue weighted by atomic mass is 16.3. The second-order valence-electron chi connectivity index (χ2n) is 15.7. The van der Waals surface area contributed by atoms with Crippen molar-refractivity contribution in [3.05, 3.63) is 224 Å². The first kappa shape index (κ1) is 35.6. The third kappa shape index (κ3) is 5.84. The monoisotopic (exact) mass is 795 g/mol. The molecular formula is C58H37NO3. The smallest absolute Gasteiger partial charge is 0.143 e. The van der Waals surface area contributed by atoms with Crippen molar-refractivity contribution in [3.8, 4) is 22.3 Å². The van der Waals surface area contributed by atoms with Gasteiger partial charge in [-0.2, -0.15) is 0 Å². The molecule has 292 valence electrons. The summed E-state index contributed by atoms with van der Waals surface area (Å²) in [6.45, 7) is 4.37. The number of furan rings is 3. The molecule has 4 heteroatoms. The Bertz CT molecular complexity index is 3780. The third-order valence-electron chi connectivity index (χ3n) is 12.1. The average Bonchev–Trinajstić information content (AvgIpc) is 4.02. The van der Waals surface area contributed by atoms with Gasteiger partial charge in [0.2, 0.25) is 0 Å². The summed E-state index contributed by atoms with van der Waals surface area (Å²) in [6.07, 6.45) is 8.27. The van der Waals surface area contributed by atoms with Crippen LogP contribution in [0.15, 0.2) is 232 Å². The summed E-state index contributed by atoms with van der Waals surface area (Å²) in [4.78, 5) is 2.28. The van der Waals surface area contributed by atoms with Crippen LogP contribution in [0.3, 0.4) is 0 Å². The Labute approximate surface area is 357 Å². The molecule has 0 atom stereocenters. The highest BCUT2D eigenvalue weighted by Gasteiger charge is 2.21. The van der Waals surface area contributed by atoms with Gasteiger partial charge in [0.1, 0.15) is 33.5 Å². The van der Waals surface area contributed by atoms with E-state index in [2.05, 4.69) is 181 Å². The summed E-state index contributed by atoms with van der Waals surface area (Å²) in [6, 6.07) is 65.6. The standard InChI is InChI=1S/C58H37NO3/c1-2-41(17-11-14-37-28-33-55-50(34-37)46-20-7-9-26-53(46)60-55)59(42-31-29-38(30-32-42)43-21-12-23-48-45-19-6-10-27-54(45)61-57(43)48)52-25-8-5-18-44(52)47-22-13-24-49-51-35-39-15-3-4-16-40(39)36-56(51)62-58(47)49/h2-36H,1H2/b14-11+,41-17+. The SMILES string of the molecule is C=C/C(=C\C=C\c1ccc2oc3ccccc3c2c1)N(c1ccc(-c2cccc3c2oc2ccccc23)cc1)c1ccccc1-c1cccc2c1oc1cc3ccccc3cc12. The Kier molecular flexibility index (Phi) is 8.29. The van der Waals surface area contributed by atoms with Crippen molar-refractivity contribution in [1.29, 1.82) is 0 Å². The van der Waals surface area contributed by atoms with E-state index in [1.165, 1.54) is 5.39 Å². The maximum Gasteiger partial charge on any atom is 0.143 e. The first-order chi connectivity index (χ1) is 30.7. The minimum Gasteiger partial charge on any atom is -0.456 e. The van der Waals surface area contributed by atoms with Crippen LogP contribution in [0, 0.1) is 0 Å². The van der Waals surface area contributed by atoms with Crippen molar-refractivity contribution in [2.75, 3.05) is 4.90 Å². The van der Waals surface area contributed by atoms with Crippen LogP contribution in [0.4, 0.5) is 11.4 Å². The Morgan fingerprint density at radius 1 is 0.435 bits per heavy atom. The molecule has 3 aromatic heterocycles. The molecule has 0 bridgehead atoms. The van der Waals surface area contributed by atoms with E-state index in [9.17, 15) is 0 Å². The van der Waals surface area contributed by atoms with E-state index in [1.807, 2.05) is 42.5 Å². The average molecular weight is 796 g/mol. The topological polar surface area (TPSA) is 42.7 Å². The van der Waals surface area contributed by atoms with Gasteiger partial charge in [0, 0.05) is 60.4 Å². The summed E-state index contributed by atoms with van der Waals surface area (Å²) >= 11 is 0. The molecule has 4 nitrogen and oxygen atoms in total.